The lowest BCUT2D eigenvalue weighted by Crippen LogP contribution is -2.31. The summed E-state index contributed by atoms with van der Waals surface area (Å²) in [6.45, 7) is 0.938. The molecule has 29 heavy (non-hydrogen) atoms. The van der Waals surface area contributed by atoms with Crippen LogP contribution in [0.15, 0.2) is 18.2 Å². The number of rotatable bonds is 14. The number of nitrogens with two attached hydrogens (primary N) is 1. The Labute approximate surface area is 172 Å². The molecule has 0 aromatic heterocycles. The van der Waals surface area contributed by atoms with Crippen LogP contribution in [0.5, 0.6) is 5.75 Å². The van der Waals surface area contributed by atoms with Crippen LogP contribution >= 0.6 is 0 Å². The van der Waals surface area contributed by atoms with E-state index in [1.54, 1.807) is 19.2 Å². The second-order valence-electron chi connectivity index (χ2n) is 7.39. The van der Waals surface area contributed by atoms with Crippen molar-refractivity contribution in [1.82, 2.24) is 4.31 Å². The first-order chi connectivity index (χ1) is 13.8. The first-order valence-corrected chi connectivity index (χ1v) is 11.6. The second-order valence-corrected chi connectivity index (χ2v) is 9.59. The van der Waals surface area contributed by atoms with E-state index >= 15 is 0 Å². The van der Waals surface area contributed by atoms with Crippen molar-refractivity contribution in [1.29, 1.82) is 0 Å². The zero-order valence-corrected chi connectivity index (χ0v) is 17.8. The maximum atomic E-state index is 13.9. The highest BCUT2D eigenvalue weighted by Crippen LogP contribution is 2.30. The highest BCUT2D eigenvalue weighted by atomic mass is 32.2. The molecular formula is C20H31FN2O5S. The number of sulfonamides is 1. The molecule has 2 N–H and O–H groups in total. The van der Waals surface area contributed by atoms with Gasteiger partial charge >= 0.3 is 5.97 Å². The Morgan fingerprint density at radius 1 is 1.28 bits per heavy atom. The van der Waals surface area contributed by atoms with E-state index in [1.165, 1.54) is 10.4 Å². The average molecular weight is 431 g/mol. The third-order valence-electron chi connectivity index (χ3n) is 4.83. The lowest BCUT2D eigenvalue weighted by molar-refractivity contribution is -0.142. The smallest absolute Gasteiger partial charge is 0.319 e. The summed E-state index contributed by atoms with van der Waals surface area (Å²) in [7, 11) is -1.82. The van der Waals surface area contributed by atoms with E-state index < -0.39 is 21.8 Å². The number of hydrogen-bond acceptors (Lipinski definition) is 6. The molecule has 0 radical (unpaired) electrons. The Bertz CT molecular complexity index is 768. The van der Waals surface area contributed by atoms with Crippen LogP contribution in [0, 0.1) is 11.7 Å². The van der Waals surface area contributed by atoms with E-state index in [1.807, 2.05) is 0 Å². The number of benzene rings is 1. The number of unbranched alkanes of at least 4 members (excludes halogenated alkanes) is 2. The molecule has 0 saturated heterocycles. The van der Waals surface area contributed by atoms with Crippen LogP contribution in [0.3, 0.4) is 0 Å². The molecule has 1 aliphatic carbocycles. The van der Waals surface area contributed by atoms with Crippen molar-refractivity contribution >= 4 is 16.0 Å². The molecule has 0 heterocycles. The van der Waals surface area contributed by atoms with Crippen LogP contribution in [-0.4, -0.2) is 57.8 Å². The maximum absolute atomic E-state index is 13.9. The number of nitrogens with zero attached hydrogens (tertiary/aromatic N) is 1. The molecule has 0 atom stereocenters. The van der Waals surface area contributed by atoms with Gasteiger partial charge in [0.15, 0.2) is 11.6 Å². The fourth-order valence-corrected chi connectivity index (χ4v) is 3.95. The minimum Gasteiger partial charge on any atom is -0.490 e. The fraction of sp³-hybridized carbons (Fsp3) is 0.650. The zero-order chi connectivity index (χ0) is 21.3. The van der Waals surface area contributed by atoms with E-state index in [0.29, 0.717) is 44.8 Å². The molecule has 0 bridgehead atoms. The Morgan fingerprint density at radius 3 is 2.72 bits per heavy atom. The minimum absolute atomic E-state index is 0.0352. The molecule has 1 aliphatic rings. The molecule has 0 unspecified atom stereocenters. The summed E-state index contributed by atoms with van der Waals surface area (Å²) in [6.07, 6.45) is 4.47. The number of esters is 1. The van der Waals surface area contributed by atoms with Gasteiger partial charge in [-0.25, -0.2) is 17.1 Å². The molecule has 0 spiro atoms. The van der Waals surface area contributed by atoms with E-state index in [-0.39, 0.29) is 24.7 Å². The van der Waals surface area contributed by atoms with Gasteiger partial charge in [0.25, 0.3) is 0 Å². The molecule has 9 heteroatoms. The number of carbonyl (C=O) groups is 1. The molecule has 164 valence electrons. The standard InChI is InChI=1S/C20H31FN2O5S/c1-23(29(25,26)12-4-2-3-11-27-20(24)14-22)10-9-16-7-8-18(21)19(13-16)28-15-17-5-6-17/h7-8,13,17H,2-6,9-12,14-15,22H2,1H3. The highest BCUT2D eigenvalue weighted by Gasteiger charge is 2.22. The van der Waals surface area contributed by atoms with Gasteiger partial charge in [-0.15, -0.1) is 0 Å². The number of hydrogen-bond donors (Lipinski definition) is 1. The van der Waals surface area contributed by atoms with Gasteiger partial charge in [0, 0.05) is 13.6 Å². The van der Waals surface area contributed by atoms with E-state index in [9.17, 15) is 17.6 Å². The summed E-state index contributed by atoms with van der Waals surface area (Å²) in [6, 6.07) is 4.67. The Morgan fingerprint density at radius 2 is 2.03 bits per heavy atom. The van der Waals surface area contributed by atoms with E-state index in [4.69, 9.17) is 15.2 Å². The van der Waals surface area contributed by atoms with Gasteiger partial charge in [0.05, 0.1) is 25.5 Å². The zero-order valence-electron chi connectivity index (χ0n) is 16.9. The highest BCUT2D eigenvalue weighted by molar-refractivity contribution is 7.89. The molecule has 2 rings (SSSR count). The second kappa shape index (κ2) is 11.5. The van der Waals surface area contributed by atoms with Crippen molar-refractivity contribution in [2.75, 3.05) is 39.1 Å². The van der Waals surface area contributed by atoms with Gasteiger partial charge < -0.3 is 15.2 Å². The summed E-state index contributed by atoms with van der Waals surface area (Å²) >= 11 is 0. The SMILES string of the molecule is CN(CCc1ccc(F)c(OCC2CC2)c1)S(=O)(=O)CCCCCOC(=O)CN. The number of likely N-dealkylation sites (N-methyl/N-ethyl adjacent to an activating group) is 1. The third-order valence-corrected chi connectivity index (χ3v) is 6.77. The molecule has 1 aromatic carbocycles. The summed E-state index contributed by atoms with van der Waals surface area (Å²) in [5, 5.41) is 0. The molecule has 0 amide bonds. The maximum Gasteiger partial charge on any atom is 0.319 e. The van der Waals surface area contributed by atoms with Crippen LogP contribution in [0.2, 0.25) is 0 Å². The van der Waals surface area contributed by atoms with Crippen LogP contribution in [0.4, 0.5) is 4.39 Å². The fourth-order valence-electron chi connectivity index (χ4n) is 2.70. The van der Waals surface area contributed by atoms with Gasteiger partial charge in [-0.05, 0) is 62.1 Å². The molecule has 0 aliphatic heterocycles. The Kier molecular flexibility index (Phi) is 9.32. The van der Waals surface area contributed by atoms with Gasteiger partial charge in [0.1, 0.15) is 0 Å². The monoisotopic (exact) mass is 430 g/mol. The first-order valence-electron chi connectivity index (χ1n) is 10.0. The predicted molar refractivity (Wildman–Crippen MR) is 109 cm³/mol. The van der Waals surface area contributed by atoms with Crippen molar-refractivity contribution < 1.29 is 27.1 Å². The van der Waals surface area contributed by atoms with Crippen molar-refractivity contribution in [3.05, 3.63) is 29.6 Å². The van der Waals surface area contributed by atoms with E-state index in [0.717, 1.165) is 18.4 Å². The van der Waals surface area contributed by atoms with Crippen LogP contribution < -0.4 is 10.5 Å². The van der Waals surface area contributed by atoms with Gasteiger partial charge in [0.2, 0.25) is 10.0 Å². The van der Waals surface area contributed by atoms with Crippen LogP contribution in [-0.2, 0) is 26.0 Å². The molecule has 1 aromatic rings. The molecular weight excluding hydrogens is 399 g/mol. The summed E-state index contributed by atoms with van der Waals surface area (Å²) < 4.78 is 50.3. The molecule has 1 saturated carbocycles. The quantitative estimate of drug-likeness (QED) is 0.358. The number of ether oxygens (including phenoxy) is 2. The normalized spacial score (nSPS) is 14.2. The summed E-state index contributed by atoms with van der Waals surface area (Å²) in [4.78, 5) is 10.9. The van der Waals surface area contributed by atoms with Gasteiger partial charge in [-0.3, -0.25) is 4.79 Å². The molecule has 1 fully saturated rings. The predicted octanol–water partition coefficient (Wildman–Crippen LogP) is 2.09. The van der Waals surface area contributed by atoms with Crippen molar-refractivity contribution in [3.8, 4) is 5.75 Å². The van der Waals surface area contributed by atoms with Crippen LogP contribution in [0.1, 0.15) is 37.7 Å². The Hall–Kier alpha value is -1.71. The lowest BCUT2D eigenvalue weighted by atomic mass is 10.1. The number of carbonyl (C=O) groups excluding carboxylic acids is 1. The summed E-state index contributed by atoms with van der Waals surface area (Å²) in [5.74, 6) is -0.0582. The van der Waals surface area contributed by atoms with Gasteiger partial charge in [-0.2, -0.15) is 0 Å². The van der Waals surface area contributed by atoms with Crippen molar-refractivity contribution in [2.45, 2.75) is 38.5 Å². The lowest BCUT2D eigenvalue weighted by Gasteiger charge is -2.17. The van der Waals surface area contributed by atoms with E-state index in [2.05, 4.69) is 0 Å². The Balaban J connectivity index is 1.71. The minimum atomic E-state index is -3.37. The summed E-state index contributed by atoms with van der Waals surface area (Å²) in [5.41, 5.74) is 5.97. The largest absolute Gasteiger partial charge is 0.490 e. The topological polar surface area (TPSA) is 98.9 Å². The first kappa shape index (κ1) is 23.6. The number of halogens is 1. The van der Waals surface area contributed by atoms with Gasteiger partial charge in [-0.1, -0.05) is 6.07 Å². The molecule has 7 nitrogen and oxygen atoms in total. The van der Waals surface area contributed by atoms with Crippen molar-refractivity contribution in [2.24, 2.45) is 11.7 Å². The third kappa shape index (κ3) is 8.67. The average Bonchev–Trinajstić information content (AvgIpc) is 3.52. The van der Waals surface area contributed by atoms with Crippen molar-refractivity contribution in [3.63, 3.8) is 0 Å². The van der Waals surface area contributed by atoms with Crippen LogP contribution in [0.25, 0.3) is 0 Å².